The van der Waals surface area contributed by atoms with Gasteiger partial charge in [0.1, 0.15) is 16.7 Å². The molecule has 0 spiro atoms. The van der Waals surface area contributed by atoms with Gasteiger partial charge in [-0.2, -0.15) is 0 Å². The van der Waals surface area contributed by atoms with Gasteiger partial charge in [0.15, 0.2) is 5.78 Å². The summed E-state index contributed by atoms with van der Waals surface area (Å²) in [6.45, 7) is 1.88. The number of halogens is 1. The van der Waals surface area contributed by atoms with E-state index in [-0.39, 0.29) is 16.7 Å². The average Bonchev–Trinajstić information content (AvgIpc) is 2.15. The molecule has 3 heteroatoms. The van der Waals surface area contributed by atoms with Crippen molar-refractivity contribution in [2.24, 2.45) is 0 Å². The molecule has 0 bridgehead atoms. The third kappa shape index (κ3) is 1.37. The van der Waals surface area contributed by atoms with E-state index >= 15 is 0 Å². The number of ether oxygens (including phenoxy) is 1. The summed E-state index contributed by atoms with van der Waals surface area (Å²) in [6.07, 6.45) is -0.0950. The normalized spacial score (nSPS) is 26.5. The van der Waals surface area contributed by atoms with Crippen molar-refractivity contribution in [1.82, 2.24) is 0 Å². The number of carbonyl (C=O) groups is 1. The van der Waals surface area contributed by atoms with E-state index in [4.69, 9.17) is 4.74 Å². The summed E-state index contributed by atoms with van der Waals surface area (Å²) in [5.41, 5.74) is 0.669. The fourth-order valence-corrected chi connectivity index (χ4v) is 1.75. The zero-order valence-corrected chi connectivity index (χ0v) is 8.74. The van der Waals surface area contributed by atoms with Crippen molar-refractivity contribution in [1.29, 1.82) is 0 Å². The van der Waals surface area contributed by atoms with Gasteiger partial charge in [-0.3, -0.25) is 4.79 Å². The Labute approximate surface area is 85.0 Å². The van der Waals surface area contributed by atoms with Crippen LogP contribution in [0, 0.1) is 0 Å². The van der Waals surface area contributed by atoms with E-state index in [0.29, 0.717) is 11.3 Å². The molecule has 2 rings (SSSR count). The second kappa shape index (κ2) is 3.14. The molecule has 0 saturated heterocycles. The summed E-state index contributed by atoms with van der Waals surface area (Å²) < 4.78 is 5.55. The maximum absolute atomic E-state index is 11.7. The molecule has 0 radical (unpaired) electrons. The molecule has 1 aliphatic heterocycles. The molecule has 0 fully saturated rings. The van der Waals surface area contributed by atoms with Crippen LogP contribution in [-0.4, -0.2) is 16.7 Å². The Morgan fingerprint density at radius 1 is 1.38 bits per heavy atom. The van der Waals surface area contributed by atoms with Gasteiger partial charge in [0.2, 0.25) is 0 Å². The van der Waals surface area contributed by atoms with Gasteiger partial charge in [0.25, 0.3) is 0 Å². The number of ketones is 1. The lowest BCUT2D eigenvalue weighted by Crippen LogP contribution is -2.35. The van der Waals surface area contributed by atoms with Crippen LogP contribution in [0.1, 0.15) is 17.3 Å². The molecule has 0 amide bonds. The molecule has 1 aliphatic rings. The standard InChI is InChI=1S/C10H9BrO2/c1-6-9(11)10(12)7-4-2-3-5-8(7)13-6/h2-6,9H,1H3. The molecular weight excluding hydrogens is 232 g/mol. The lowest BCUT2D eigenvalue weighted by Gasteiger charge is -2.26. The van der Waals surface area contributed by atoms with Crippen molar-refractivity contribution in [3.05, 3.63) is 29.8 Å². The van der Waals surface area contributed by atoms with Crippen LogP contribution in [-0.2, 0) is 0 Å². The Hall–Kier alpha value is -0.830. The topological polar surface area (TPSA) is 26.3 Å². The van der Waals surface area contributed by atoms with Crippen LogP contribution in [0.25, 0.3) is 0 Å². The number of carbonyl (C=O) groups excluding carboxylic acids is 1. The minimum Gasteiger partial charge on any atom is -0.488 e. The maximum Gasteiger partial charge on any atom is 0.183 e. The van der Waals surface area contributed by atoms with Gasteiger partial charge < -0.3 is 4.74 Å². The quantitative estimate of drug-likeness (QED) is 0.652. The van der Waals surface area contributed by atoms with Crippen LogP contribution >= 0.6 is 15.9 Å². The van der Waals surface area contributed by atoms with Crippen molar-refractivity contribution in [2.45, 2.75) is 17.9 Å². The smallest absolute Gasteiger partial charge is 0.183 e. The Morgan fingerprint density at radius 2 is 2.08 bits per heavy atom. The number of hydrogen-bond donors (Lipinski definition) is 0. The highest BCUT2D eigenvalue weighted by Gasteiger charge is 2.31. The molecular formula is C10H9BrO2. The Bertz CT molecular complexity index is 349. The van der Waals surface area contributed by atoms with Crippen molar-refractivity contribution in [2.75, 3.05) is 0 Å². The third-order valence-electron chi connectivity index (χ3n) is 2.13. The Kier molecular flexibility index (Phi) is 2.12. The van der Waals surface area contributed by atoms with Crippen LogP contribution in [0.15, 0.2) is 24.3 Å². The van der Waals surface area contributed by atoms with Gasteiger partial charge in [-0.1, -0.05) is 28.1 Å². The summed E-state index contributed by atoms with van der Waals surface area (Å²) in [5, 5.41) is 0. The summed E-state index contributed by atoms with van der Waals surface area (Å²) in [6, 6.07) is 7.32. The second-order valence-corrected chi connectivity index (χ2v) is 4.07. The number of hydrogen-bond acceptors (Lipinski definition) is 2. The molecule has 2 atom stereocenters. The van der Waals surface area contributed by atoms with E-state index in [1.807, 2.05) is 25.1 Å². The first-order valence-corrected chi connectivity index (χ1v) is 5.05. The summed E-state index contributed by atoms with van der Waals surface area (Å²) >= 11 is 3.31. The number of rotatable bonds is 0. The van der Waals surface area contributed by atoms with Gasteiger partial charge in [0.05, 0.1) is 5.56 Å². The molecule has 0 aromatic heterocycles. The van der Waals surface area contributed by atoms with Crippen LogP contribution in [0.4, 0.5) is 0 Å². The first-order valence-electron chi connectivity index (χ1n) is 4.14. The molecule has 2 unspecified atom stereocenters. The average molecular weight is 241 g/mol. The molecule has 1 aromatic rings. The summed E-state index contributed by atoms with van der Waals surface area (Å²) in [5.74, 6) is 0.796. The molecule has 1 aromatic carbocycles. The SMILES string of the molecule is CC1Oc2ccccc2C(=O)C1Br. The fraction of sp³-hybridized carbons (Fsp3) is 0.300. The monoisotopic (exact) mass is 240 g/mol. The Morgan fingerprint density at radius 3 is 2.85 bits per heavy atom. The van der Waals surface area contributed by atoms with Crippen LogP contribution in [0.5, 0.6) is 5.75 Å². The lowest BCUT2D eigenvalue weighted by molar-refractivity contribution is 0.0891. The van der Waals surface area contributed by atoms with Crippen LogP contribution in [0.2, 0.25) is 0 Å². The highest BCUT2D eigenvalue weighted by Crippen LogP contribution is 2.30. The van der Waals surface area contributed by atoms with E-state index in [1.165, 1.54) is 0 Å². The van der Waals surface area contributed by atoms with Crippen molar-refractivity contribution in [3.63, 3.8) is 0 Å². The molecule has 0 aliphatic carbocycles. The van der Waals surface area contributed by atoms with E-state index in [2.05, 4.69) is 15.9 Å². The van der Waals surface area contributed by atoms with Crippen LogP contribution in [0.3, 0.4) is 0 Å². The minimum atomic E-state index is -0.220. The minimum absolute atomic E-state index is 0.0950. The molecule has 1 heterocycles. The van der Waals surface area contributed by atoms with Gasteiger partial charge >= 0.3 is 0 Å². The fourth-order valence-electron chi connectivity index (χ4n) is 1.39. The highest BCUT2D eigenvalue weighted by molar-refractivity contribution is 9.10. The van der Waals surface area contributed by atoms with Gasteiger partial charge in [-0.05, 0) is 19.1 Å². The maximum atomic E-state index is 11.7. The molecule has 13 heavy (non-hydrogen) atoms. The highest BCUT2D eigenvalue weighted by atomic mass is 79.9. The first-order chi connectivity index (χ1) is 6.20. The van der Waals surface area contributed by atoms with Gasteiger partial charge in [-0.15, -0.1) is 0 Å². The van der Waals surface area contributed by atoms with E-state index < -0.39 is 0 Å². The number of fused-ring (bicyclic) bond motifs is 1. The second-order valence-electron chi connectivity index (χ2n) is 3.09. The third-order valence-corrected chi connectivity index (χ3v) is 3.29. The lowest BCUT2D eigenvalue weighted by atomic mass is 10.0. The zero-order chi connectivity index (χ0) is 9.42. The summed E-state index contributed by atoms with van der Waals surface area (Å²) in [4.78, 5) is 11.5. The number of alkyl halides is 1. The van der Waals surface area contributed by atoms with Gasteiger partial charge in [-0.25, -0.2) is 0 Å². The molecule has 0 saturated carbocycles. The zero-order valence-electron chi connectivity index (χ0n) is 7.16. The van der Waals surface area contributed by atoms with E-state index in [1.54, 1.807) is 6.07 Å². The predicted octanol–water partition coefficient (Wildman–Crippen LogP) is 2.41. The number of benzene rings is 1. The van der Waals surface area contributed by atoms with Crippen molar-refractivity contribution >= 4 is 21.7 Å². The summed E-state index contributed by atoms with van der Waals surface area (Å²) in [7, 11) is 0. The predicted molar refractivity (Wildman–Crippen MR) is 53.6 cm³/mol. The molecule has 0 N–H and O–H groups in total. The van der Waals surface area contributed by atoms with E-state index in [9.17, 15) is 4.79 Å². The number of Topliss-reactive ketones (excluding diaryl/α,β-unsaturated/α-hetero) is 1. The van der Waals surface area contributed by atoms with Crippen LogP contribution < -0.4 is 4.74 Å². The molecule has 68 valence electrons. The first kappa shape index (κ1) is 8.75. The largest absolute Gasteiger partial charge is 0.488 e. The van der Waals surface area contributed by atoms with Crippen molar-refractivity contribution < 1.29 is 9.53 Å². The molecule has 2 nitrogen and oxygen atoms in total. The van der Waals surface area contributed by atoms with Gasteiger partial charge in [0, 0.05) is 0 Å². The Balaban J connectivity index is 2.49. The number of para-hydroxylation sites is 1. The van der Waals surface area contributed by atoms with E-state index in [0.717, 1.165) is 0 Å². The van der Waals surface area contributed by atoms with Crippen molar-refractivity contribution in [3.8, 4) is 5.75 Å².